The monoisotopic (exact) mass is 346 g/mol. The quantitative estimate of drug-likeness (QED) is 0.583. The normalized spacial score (nSPS) is 56.9. The molecule has 5 fully saturated rings. The highest BCUT2D eigenvalue weighted by atomic mass is 16.8. The Labute approximate surface area is 147 Å². The van der Waals surface area contributed by atoms with Crippen molar-refractivity contribution >= 4 is 5.97 Å². The number of ether oxygens (including phenoxy) is 3. The first-order chi connectivity index (χ1) is 11.8. The van der Waals surface area contributed by atoms with Gasteiger partial charge in [-0.05, 0) is 42.4 Å². The molecule has 5 heteroatoms. The first kappa shape index (κ1) is 15.2. The highest BCUT2D eigenvalue weighted by molar-refractivity contribution is 5.94. The van der Waals surface area contributed by atoms with Crippen molar-refractivity contribution < 1.29 is 24.1 Å². The van der Waals surface area contributed by atoms with Crippen molar-refractivity contribution in [1.82, 2.24) is 0 Å². The van der Waals surface area contributed by atoms with Crippen molar-refractivity contribution in [2.75, 3.05) is 6.61 Å². The summed E-state index contributed by atoms with van der Waals surface area (Å²) in [6, 6.07) is 0. The molecule has 0 radical (unpaired) electrons. The predicted octanol–water partition coefficient (Wildman–Crippen LogP) is 2.32. The van der Waals surface area contributed by atoms with E-state index in [1.165, 1.54) is 25.7 Å². The van der Waals surface area contributed by atoms with E-state index in [1.54, 1.807) is 0 Å². The van der Waals surface area contributed by atoms with Crippen molar-refractivity contribution in [3.05, 3.63) is 11.1 Å². The minimum atomic E-state index is -0.920. The molecule has 6 aliphatic rings. The van der Waals surface area contributed by atoms with Gasteiger partial charge in [0.15, 0.2) is 0 Å². The molecule has 5 nitrogen and oxygen atoms in total. The highest BCUT2D eigenvalue weighted by Gasteiger charge is 2.88. The van der Waals surface area contributed by atoms with Crippen LogP contribution in [0, 0.1) is 22.7 Å². The summed E-state index contributed by atoms with van der Waals surface area (Å²) in [5, 5.41) is 9.68. The molecule has 136 valence electrons. The zero-order valence-electron chi connectivity index (χ0n) is 15.1. The fraction of sp³-hybridized carbons (Fsp3) is 0.850. The summed E-state index contributed by atoms with van der Waals surface area (Å²) in [5.74, 6) is -0.417. The number of aliphatic hydroxyl groups is 1. The van der Waals surface area contributed by atoms with Gasteiger partial charge in [0, 0.05) is 11.5 Å². The van der Waals surface area contributed by atoms with Crippen LogP contribution in [0.2, 0.25) is 0 Å². The summed E-state index contributed by atoms with van der Waals surface area (Å²) in [7, 11) is 0. The summed E-state index contributed by atoms with van der Waals surface area (Å²) in [6.45, 7) is 6.96. The molecule has 3 aliphatic carbocycles. The Morgan fingerprint density at radius 3 is 2.72 bits per heavy atom. The molecule has 3 aliphatic heterocycles. The summed E-state index contributed by atoms with van der Waals surface area (Å²) < 4.78 is 18.2. The van der Waals surface area contributed by atoms with Crippen LogP contribution in [0.4, 0.5) is 0 Å². The summed E-state index contributed by atoms with van der Waals surface area (Å²) in [5.41, 5.74) is 1.47. The fourth-order valence-electron chi connectivity index (χ4n) is 7.67. The average molecular weight is 346 g/mol. The van der Waals surface area contributed by atoms with Gasteiger partial charge in [-0.1, -0.05) is 27.2 Å². The molecule has 0 bridgehead atoms. The van der Waals surface area contributed by atoms with E-state index in [1.807, 2.05) is 0 Å². The number of aliphatic hydroxyl groups excluding tert-OH is 1. The van der Waals surface area contributed by atoms with E-state index in [-0.39, 0.29) is 35.7 Å². The smallest absolute Gasteiger partial charge is 0.339 e. The maximum Gasteiger partial charge on any atom is 0.339 e. The van der Waals surface area contributed by atoms with Crippen molar-refractivity contribution in [3.63, 3.8) is 0 Å². The van der Waals surface area contributed by atoms with Crippen LogP contribution in [0.1, 0.15) is 52.9 Å². The van der Waals surface area contributed by atoms with Gasteiger partial charge in [0.2, 0.25) is 0 Å². The molecule has 6 rings (SSSR count). The molecule has 0 aromatic rings. The number of esters is 1. The van der Waals surface area contributed by atoms with Gasteiger partial charge in [0.05, 0.1) is 12.2 Å². The van der Waals surface area contributed by atoms with Crippen LogP contribution in [0.5, 0.6) is 0 Å². The molecule has 3 heterocycles. The van der Waals surface area contributed by atoms with E-state index >= 15 is 0 Å². The van der Waals surface area contributed by atoms with E-state index < -0.39 is 11.8 Å². The van der Waals surface area contributed by atoms with Crippen LogP contribution in [0.3, 0.4) is 0 Å². The lowest BCUT2D eigenvalue weighted by Crippen LogP contribution is -2.59. The zero-order valence-corrected chi connectivity index (χ0v) is 15.1. The van der Waals surface area contributed by atoms with Crippen LogP contribution in [0.15, 0.2) is 11.1 Å². The van der Waals surface area contributed by atoms with Gasteiger partial charge in [0.1, 0.15) is 17.8 Å². The maximum atomic E-state index is 12.3. The van der Waals surface area contributed by atoms with Crippen LogP contribution >= 0.6 is 0 Å². The van der Waals surface area contributed by atoms with Crippen LogP contribution < -0.4 is 0 Å². The third kappa shape index (κ3) is 1.45. The van der Waals surface area contributed by atoms with E-state index in [4.69, 9.17) is 14.2 Å². The van der Waals surface area contributed by atoms with Crippen molar-refractivity contribution in [3.8, 4) is 0 Å². The minimum Gasteiger partial charge on any atom is -0.422 e. The molecule has 25 heavy (non-hydrogen) atoms. The Balaban J connectivity index is 1.48. The van der Waals surface area contributed by atoms with Crippen LogP contribution in [0.25, 0.3) is 0 Å². The molecule has 3 unspecified atom stereocenters. The molecule has 0 aromatic heterocycles. The van der Waals surface area contributed by atoms with E-state index in [2.05, 4.69) is 20.8 Å². The number of hydrogen-bond donors (Lipinski definition) is 1. The lowest BCUT2D eigenvalue weighted by atomic mass is 9.44. The van der Waals surface area contributed by atoms with Gasteiger partial charge in [-0.15, -0.1) is 0 Å². The van der Waals surface area contributed by atoms with Gasteiger partial charge in [-0.2, -0.15) is 0 Å². The SMILES string of the molecule is CC1(C)CCC[C@@]2(C)C3[C@H]4OC45OC(=O)C(CO)=C5[C@H]4OC34CC[C@H]12. The molecule has 3 saturated carbocycles. The lowest BCUT2D eigenvalue weighted by molar-refractivity contribution is -0.147. The topological polar surface area (TPSA) is 71.6 Å². The van der Waals surface area contributed by atoms with Crippen LogP contribution in [-0.4, -0.2) is 41.3 Å². The Morgan fingerprint density at radius 1 is 1.16 bits per heavy atom. The van der Waals surface area contributed by atoms with Gasteiger partial charge in [-0.3, -0.25) is 0 Å². The summed E-state index contributed by atoms with van der Waals surface area (Å²) in [4.78, 5) is 12.3. The average Bonchev–Trinajstić information content (AvgIpc) is 3.38. The van der Waals surface area contributed by atoms with Gasteiger partial charge >= 0.3 is 5.97 Å². The Hall–Kier alpha value is -0.910. The number of carbonyl (C=O) groups excluding carboxylic acids is 1. The largest absolute Gasteiger partial charge is 0.422 e. The van der Waals surface area contributed by atoms with Gasteiger partial charge < -0.3 is 19.3 Å². The van der Waals surface area contributed by atoms with Crippen LogP contribution in [-0.2, 0) is 19.0 Å². The summed E-state index contributed by atoms with van der Waals surface area (Å²) in [6.07, 6.45) is 5.71. The number of fused-ring (bicyclic) bond motifs is 4. The first-order valence-electron chi connectivity index (χ1n) is 9.73. The molecule has 0 aromatic carbocycles. The number of carbonyl (C=O) groups is 1. The molecule has 2 saturated heterocycles. The summed E-state index contributed by atoms with van der Waals surface area (Å²) >= 11 is 0. The second-order valence-electron chi connectivity index (χ2n) is 10.0. The second-order valence-corrected chi connectivity index (χ2v) is 10.0. The number of rotatable bonds is 1. The predicted molar refractivity (Wildman–Crippen MR) is 87.4 cm³/mol. The standard InChI is InChI=1S/C20H26O5/c1-17(2)6-4-7-18(3)11(17)5-8-19-13(18)15-20(24-15)12(14(19)23-19)10(9-21)16(22)25-20/h11,13-15,21H,4-9H2,1-3H3/t11-,13?,14-,15-,18-,19?,20?/m1/s1. The van der Waals surface area contributed by atoms with Crippen molar-refractivity contribution in [2.45, 2.75) is 76.5 Å². The fourth-order valence-corrected chi connectivity index (χ4v) is 7.67. The molecular formula is C20H26O5. The molecule has 0 amide bonds. The van der Waals surface area contributed by atoms with E-state index in [0.29, 0.717) is 16.9 Å². The Bertz CT molecular complexity index is 740. The number of epoxide rings is 2. The maximum absolute atomic E-state index is 12.3. The first-order valence-corrected chi connectivity index (χ1v) is 9.73. The van der Waals surface area contributed by atoms with E-state index in [9.17, 15) is 9.90 Å². The Morgan fingerprint density at radius 2 is 1.96 bits per heavy atom. The third-order valence-electron chi connectivity index (χ3n) is 8.59. The van der Waals surface area contributed by atoms with E-state index in [0.717, 1.165) is 12.0 Å². The second kappa shape index (κ2) is 4.00. The van der Waals surface area contributed by atoms with Gasteiger partial charge in [-0.25, -0.2) is 4.79 Å². The highest BCUT2D eigenvalue weighted by Crippen LogP contribution is 2.77. The molecule has 1 N–H and O–H groups in total. The zero-order chi connectivity index (χ0) is 17.4. The Kier molecular flexibility index (Phi) is 2.43. The molecule has 7 atom stereocenters. The third-order valence-corrected chi connectivity index (χ3v) is 8.59. The molecular weight excluding hydrogens is 320 g/mol. The van der Waals surface area contributed by atoms with Crippen molar-refractivity contribution in [2.24, 2.45) is 22.7 Å². The minimum absolute atomic E-state index is 0.101. The number of hydrogen-bond acceptors (Lipinski definition) is 5. The molecule has 2 spiro atoms. The lowest BCUT2D eigenvalue weighted by Gasteiger charge is -2.59. The van der Waals surface area contributed by atoms with Crippen molar-refractivity contribution in [1.29, 1.82) is 0 Å². The van der Waals surface area contributed by atoms with Gasteiger partial charge in [0.25, 0.3) is 5.79 Å².